The van der Waals surface area contributed by atoms with Crippen LogP contribution in [0.25, 0.3) is 0 Å². The first kappa shape index (κ1) is 13.9. The Labute approximate surface area is 98.6 Å². The molecule has 1 heterocycles. The van der Waals surface area contributed by atoms with E-state index in [0.717, 1.165) is 12.8 Å². The van der Waals surface area contributed by atoms with Crippen LogP contribution in [-0.4, -0.2) is 37.9 Å². The van der Waals surface area contributed by atoms with E-state index in [1.54, 1.807) is 0 Å². The third kappa shape index (κ3) is 4.01. The second kappa shape index (κ2) is 5.00. The molecule has 1 aliphatic heterocycles. The quantitative estimate of drug-likeness (QED) is 0.755. The van der Waals surface area contributed by atoms with Crippen molar-refractivity contribution in [1.29, 1.82) is 0 Å². The molecule has 0 amide bonds. The molecular weight excluding hydrogens is 226 g/mol. The lowest BCUT2D eigenvalue weighted by molar-refractivity contribution is 0.272. The highest BCUT2D eigenvalue weighted by molar-refractivity contribution is 7.87. The van der Waals surface area contributed by atoms with E-state index in [1.165, 1.54) is 4.31 Å². The molecule has 1 saturated heterocycles. The van der Waals surface area contributed by atoms with E-state index in [2.05, 4.69) is 4.72 Å². The zero-order chi connectivity index (χ0) is 12.4. The van der Waals surface area contributed by atoms with Crippen molar-refractivity contribution >= 4 is 10.2 Å². The summed E-state index contributed by atoms with van der Waals surface area (Å²) >= 11 is 0. The molecule has 0 radical (unpaired) electrons. The first-order chi connectivity index (χ1) is 7.24. The van der Waals surface area contributed by atoms with Gasteiger partial charge in [0.1, 0.15) is 0 Å². The van der Waals surface area contributed by atoms with Gasteiger partial charge in [0.15, 0.2) is 0 Å². The van der Waals surface area contributed by atoms with Gasteiger partial charge in [-0.05, 0) is 46.1 Å². The second-order valence-corrected chi connectivity index (χ2v) is 7.11. The Morgan fingerprint density at radius 2 is 1.81 bits per heavy atom. The molecule has 0 aliphatic carbocycles. The maximum atomic E-state index is 12.0. The molecule has 0 unspecified atom stereocenters. The van der Waals surface area contributed by atoms with Crippen LogP contribution in [0.3, 0.4) is 0 Å². The summed E-state index contributed by atoms with van der Waals surface area (Å²) in [6, 6.07) is 0. The minimum atomic E-state index is -3.33. The average molecular weight is 249 g/mol. The van der Waals surface area contributed by atoms with Gasteiger partial charge in [-0.25, -0.2) is 0 Å². The van der Waals surface area contributed by atoms with Crippen molar-refractivity contribution in [3.05, 3.63) is 0 Å². The minimum absolute atomic E-state index is 0.427. The molecule has 6 heteroatoms. The van der Waals surface area contributed by atoms with Crippen LogP contribution in [-0.2, 0) is 10.2 Å². The summed E-state index contributed by atoms with van der Waals surface area (Å²) in [5.41, 5.74) is 5.15. The van der Waals surface area contributed by atoms with E-state index in [-0.39, 0.29) is 0 Å². The normalized spacial score (nSPS) is 21.2. The van der Waals surface area contributed by atoms with Crippen LogP contribution >= 0.6 is 0 Å². The number of nitrogens with one attached hydrogen (secondary N) is 1. The van der Waals surface area contributed by atoms with Crippen molar-refractivity contribution in [2.45, 2.75) is 39.2 Å². The molecule has 0 saturated carbocycles. The van der Waals surface area contributed by atoms with Crippen molar-refractivity contribution < 1.29 is 8.42 Å². The van der Waals surface area contributed by atoms with Crippen LogP contribution in [0.2, 0.25) is 0 Å². The van der Waals surface area contributed by atoms with Crippen LogP contribution in [0.5, 0.6) is 0 Å². The largest absolute Gasteiger partial charge is 0.330 e. The van der Waals surface area contributed by atoms with Crippen LogP contribution in [0.1, 0.15) is 33.6 Å². The maximum absolute atomic E-state index is 12.0. The number of piperidine rings is 1. The lowest BCUT2D eigenvalue weighted by atomic mass is 9.99. The summed E-state index contributed by atoms with van der Waals surface area (Å²) in [6.45, 7) is 7.34. The molecular formula is C10H23N3O2S. The van der Waals surface area contributed by atoms with Gasteiger partial charge < -0.3 is 5.73 Å². The third-order valence-electron chi connectivity index (χ3n) is 2.68. The first-order valence-corrected chi connectivity index (χ1v) is 7.18. The van der Waals surface area contributed by atoms with Gasteiger partial charge in [0.2, 0.25) is 0 Å². The average Bonchev–Trinajstić information content (AvgIpc) is 2.14. The van der Waals surface area contributed by atoms with Gasteiger partial charge >= 0.3 is 0 Å². The summed E-state index contributed by atoms with van der Waals surface area (Å²) in [6.07, 6.45) is 1.73. The summed E-state index contributed by atoms with van der Waals surface area (Å²) in [5, 5.41) is 0. The number of nitrogens with two attached hydrogens (primary N) is 1. The maximum Gasteiger partial charge on any atom is 0.279 e. The van der Waals surface area contributed by atoms with E-state index in [1.807, 2.05) is 20.8 Å². The molecule has 0 aromatic rings. The predicted octanol–water partition coefficient (Wildman–Crippen LogP) is 0.290. The molecule has 1 aliphatic rings. The molecule has 0 bridgehead atoms. The van der Waals surface area contributed by atoms with Gasteiger partial charge in [-0.1, -0.05) is 0 Å². The summed E-state index contributed by atoms with van der Waals surface area (Å²) in [4.78, 5) is 0. The highest BCUT2D eigenvalue weighted by Crippen LogP contribution is 2.18. The standard InChI is InChI=1S/C10H23N3O2S/c1-10(2,3)12-16(14,15)13-6-4-9(8-11)5-7-13/h9,12H,4-8,11H2,1-3H3. The molecule has 1 fully saturated rings. The molecule has 3 N–H and O–H groups in total. The molecule has 0 aromatic carbocycles. The SMILES string of the molecule is CC(C)(C)NS(=O)(=O)N1CCC(CN)CC1. The van der Waals surface area contributed by atoms with E-state index in [9.17, 15) is 8.42 Å². The molecule has 1 rings (SSSR count). The Morgan fingerprint density at radius 3 is 2.19 bits per heavy atom. The van der Waals surface area contributed by atoms with Crippen LogP contribution in [0.4, 0.5) is 0 Å². The molecule has 16 heavy (non-hydrogen) atoms. The fraction of sp³-hybridized carbons (Fsp3) is 1.00. The number of hydrogen-bond acceptors (Lipinski definition) is 3. The Morgan fingerprint density at radius 1 is 1.31 bits per heavy atom. The van der Waals surface area contributed by atoms with Crippen LogP contribution < -0.4 is 10.5 Å². The van der Waals surface area contributed by atoms with Crippen molar-refractivity contribution in [1.82, 2.24) is 9.03 Å². The number of nitrogens with zero attached hydrogens (tertiary/aromatic N) is 1. The van der Waals surface area contributed by atoms with Crippen LogP contribution in [0, 0.1) is 5.92 Å². The minimum Gasteiger partial charge on any atom is -0.330 e. The Kier molecular flexibility index (Phi) is 4.34. The van der Waals surface area contributed by atoms with Crippen LogP contribution in [0.15, 0.2) is 0 Å². The number of rotatable bonds is 3. The van der Waals surface area contributed by atoms with Gasteiger partial charge in [0.05, 0.1) is 0 Å². The van der Waals surface area contributed by atoms with Gasteiger partial charge in [-0.2, -0.15) is 17.4 Å². The zero-order valence-corrected chi connectivity index (χ0v) is 11.2. The Bertz CT molecular complexity index is 313. The van der Waals surface area contributed by atoms with Crippen molar-refractivity contribution in [3.8, 4) is 0 Å². The van der Waals surface area contributed by atoms with Gasteiger partial charge in [0, 0.05) is 18.6 Å². The first-order valence-electron chi connectivity index (χ1n) is 5.74. The van der Waals surface area contributed by atoms with Gasteiger partial charge in [0.25, 0.3) is 10.2 Å². The molecule has 0 aromatic heterocycles. The lowest BCUT2D eigenvalue weighted by Gasteiger charge is -2.33. The highest BCUT2D eigenvalue weighted by atomic mass is 32.2. The van der Waals surface area contributed by atoms with E-state index in [4.69, 9.17) is 5.73 Å². The third-order valence-corrected chi connectivity index (χ3v) is 4.60. The van der Waals surface area contributed by atoms with E-state index < -0.39 is 15.7 Å². The molecule has 5 nitrogen and oxygen atoms in total. The Balaban J connectivity index is 2.59. The summed E-state index contributed by atoms with van der Waals surface area (Å²) in [7, 11) is -3.33. The topological polar surface area (TPSA) is 75.4 Å². The van der Waals surface area contributed by atoms with E-state index in [0.29, 0.717) is 25.6 Å². The predicted molar refractivity (Wildman–Crippen MR) is 65.2 cm³/mol. The fourth-order valence-electron chi connectivity index (χ4n) is 1.84. The molecule has 0 spiro atoms. The number of hydrogen-bond donors (Lipinski definition) is 2. The Hall–Kier alpha value is -0.170. The lowest BCUT2D eigenvalue weighted by Crippen LogP contribution is -2.51. The summed E-state index contributed by atoms with van der Waals surface area (Å²) < 4.78 is 28.1. The van der Waals surface area contributed by atoms with Crippen molar-refractivity contribution in [2.24, 2.45) is 11.7 Å². The molecule has 96 valence electrons. The van der Waals surface area contributed by atoms with Crippen molar-refractivity contribution in [3.63, 3.8) is 0 Å². The van der Waals surface area contributed by atoms with Crippen molar-refractivity contribution in [2.75, 3.05) is 19.6 Å². The fourth-order valence-corrected chi connectivity index (χ4v) is 3.43. The highest BCUT2D eigenvalue weighted by Gasteiger charge is 2.30. The molecule has 0 atom stereocenters. The smallest absolute Gasteiger partial charge is 0.279 e. The van der Waals surface area contributed by atoms with Gasteiger partial charge in [-0.3, -0.25) is 0 Å². The monoisotopic (exact) mass is 249 g/mol. The van der Waals surface area contributed by atoms with E-state index >= 15 is 0 Å². The summed E-state index contributed by atoms with van der Waals surface area (Å²) in [5.74, 6) is 0.473. The van der Waals surface area contributed by atoms with Gasteiger partial charge in [-0.15, -0.1) is 0 Å². The zero-order valence-electron chi connectivity index (χ0n) is 10.4. The second-order valence-electron chi connectivity index (χ2n) is 5.44.